The second-order valence-electron chi connectivity index (χ2n) is 2.86. The van der Waals surface area contributed by atoms with E-state index in [9.17, 15) is 30.7 Å². The number of pyridine rings is 1. The molecule has 0 aromatic carbocycles. The van der Waals surface area contributed by atoms with Gasteiger partial charge in [-0.2, -0.15) is 30.7 Å². The predicted molar refractivity (Wildman–Crippen MR) is 39.1 cm³/mol. The average molecular weight is 247 g/mol. The lowest BCUT2D eigenvalue weighted by atomic mass is 10.1. The van der Waals surface area contributed by atoms with Crippen LogP contribution in [0.5, 0.6) is 0 Å². The highest BCUT2D eigenvalue weighted by Gasteiger charge is 2.74. The Morgan fingerprint density at radius 3 is 1.81 bits per heavy atom. The van der Waals surface area contributed by atoms with Crippen LogP contribution in [0.1, 0.15) is 5.69 Å². The first kappa shape index (κ1) is 12.7. The first-order chi connectivity index (χ1) is 7.11. The molecule has 1 aromatic heterocycles. The Kier molecular flexibility index (Phi) is 2.86. The Balaban J connectivity index is 3.22. The topological polar surface area (TPSA) is 12.9 Å². The van der Waals surface area contributed by atoms with Crippen LogP contribution in [0.4, 0.5) is 30.7 Å². The van der Waals surface area contributed by atoms with Crippen LogP contribution in [0.15, 0.2) is 24.4 Å². The second kappa shape index (κ2) is 3.60. The normalized spacial score (nSPS) is 13.9. The average Bonchev–Trinajstić information content (AvgIpc) is 2.17. The molecule has 16 heavy (non-hydrogen) atoms. The molecular weight excluding hydrogens is 243 g/mol. The van der Waals surface area contributed by atoms with Gasteiger partial charge in [-0.05, 0) is 12.1 Å². The highest BCUT2D eigenvalue weighted by atomic mass is 19.4. The van der Waals surface area contributed by atoms with Gasteiger partial charge in [0.25, 0.3) is 0 Å². The number of nitrogens with zero attached hydrogens (tertiary/aromatic N) is 1. The van der Waals surface area contributed by atoms with Crippen molar-refractivity contribution in [3.05, 3.63) is 30.1 Å². The summed E-state index contributed by atoms with van der Waals surface area (Å²) in [7, 11) is 0. The Labute approximate surface area is 84.9 Å². The molecule has 0 fully saturated rings. The molecule has 0 N–H and O–H groups in total. The minimum atomic E-state index is -6.34. The maximum absolute atomic E-state index is 12.9. The zero-order chi connectivity index (χ0) is 12.6. The van der Waals surface area contributed by atoms with Crippen LogP contribution in [-0.4, -0.2) is 17.1 Å². The van der Waals surface area contributed by atoms with Crippen molar-refractivity contribution >= 4 is 0 Å². The summed E-state index contributed by atoms with van der Waals surface area (Å²) in [6.45, 7) is 0. The first-order valence-corrected chi connectivity index (χ1v) is 3.84. The number of halogens is 7. The Hall–Kier alpha value is -1.34. The summed E-state index contributed by atoms with van der Waals surface area (Å²) in [6.07, 6.45) is -5.64. The quantitative estimate of drug-likeness (QED) is 0.730. The summed E-state index contributed by atoms with van der Waals surface area (Å²) < 4.78 is 86.0. The van der Waals surface area contributed by atoms with Crippen LogP contribution in [0.3, 0.4) is 0 Å². The molecule has 90 valence electrons. The fourth-order valence-electron chi connectivity index (χ4n) is 0.887. The molecule has 1 aromatic rings. The lowest BCUT2D eigenvalue weighted by molar-refractivity contribution is -0.360. The number of aromatic nitrogens is 1. The van der Waals surface area contributed by atoms with Gasteiger partial charge in [0.05, 0.1) is 0 Å². The van der Waals surface area contributed by atoms with Crippen molar-refractivity contribution in [1.29, 1.82) is 0 Å². The lowest BCUT2D eigenvalue weighted by Gasteiger charge is -2.27. The summed E-state index contributed by atoms with van der Waals surface area (Å²) in [6, 6.07) is 2.41. The third-order valence-corrected chi connectivity index (χ3v) is 1.74. The van der Waals surface area contributed by atoms with E-state index in [0.717, 1.165) is 12.1 Å². The van der Waals surface area contributed by atoms with Gasteiger partial charge < -0.3 is 0 Å². The highest BCUT2D eigenvalue weighted by Crippen LogP contribution is 2.51. The first-order valence-electron chi connectivity index (χ1n) is 3.84. The third-order valence-electron chi connectivity index (χ3n) is 1.74. The molecule has 1 heterocycles. The number of hydrogen-bond acceptors (Lipinski definition) is 1. The molecule has 0 saturated heterocycles. The van der Waals surface area contributed by atoms with E-state index >= 15 is 0 Å². The van der Waals surface area contributed by atoms with Crippen molar-refractivity contribution in [1.82, 2.24) is 4.98 Å². The van der Waals surface area contributed by atoms with Crippen LogP contribution >= 0.6 is 0 Å². The molecule has 0 saturated carbocycles. The summed E-state index contributed by atoms with van der Waals surface area (Å²) >= 11 is 0. The van der Waals surface area contributed by atoms with E-state index in [1.165, 1.54) is 0 Å². The minimum absolute atomic E-state index is 0.402. The van der Waals surface area contributed by atoms with Crippen LogP contribution in [-0.2, 0) is 5.92 Å². The molecule has 8 heteroatoms. The molecule has 0 aliphatic carbocycles. The van der Waals surface area contributed by atoms with Crippen molar-refractivity contribution in [2.75, 3.05) is 0 Å². The van der Waals surface area contributed by atoms with E-state index in [1.807, 2.05) is 0 Å². The van der Waals surface area contributed by atoms with Crippen LogP contribution < -0.4 is 0 Å². The molecule has 0 aliphatic rings. The van der Waals surface area contributed by atoms with E-state index in [-0.39, 0.29) is 0 Å². The van der Waals surface area contributed by atoms with Crippen molar-refractivity contribution in [2.45, 2.75) is 18.0 Å². The zero-order valence-corrected chi connectivity index (χ0v) is 7.40. The van der Waals surface area contributed by atoms with E-state index in [1.54, 1.807) is 0 Å². The maximum atomic E-state index is 12.9. The van der Waals surface area contributed by atoms with Gasteiger partial charge in [0.15, 0.2) is 0 Å². The molecule has 0 bridgehead atoms. The fourth-order valence-corrected chi connectivity index (χ4v) is 0.887. The molecular formula is C8H4F7N. The molecule has 1 nitrogen and oxygen atoms in total. The van der Waals surface area contributed by atoms with Gasteiger partial charge in [-0.1, -0.05) is 6.07 Å². The van der Waals surface area contributed by atoms with E-state index in [2.05, 4.69) is 4.98 Å². The molecule has 0 atom stereocenters. The van der Waals surface area contributed by atoms with Gasteiger partial charge in [-0.15, -0.1) is 0 Å². The number of rotatable bonds is 2. The second-order valence-corrected chi connectivity index (χ2v) is 2.86. The van der Waals surface area contributed by atoms with E-state index in [4.69, 9.17) is 0 Å². The highest BCUT2D eigenvalue weighted by molar-refractivity contribution is 5.14. The third kappa shape index (κ3) is 1.83. The number of hydrogen-bond donors (Lipinski definition) is 0. The number of alkyl halides is 7. The van der Waals surface area contributed by atoms with Crippen molar-refractivity contribution in [3.63, 3.8) is 0 Å². The molecule has 0 radical (unpaired) electrons. The molecule has 1 rings (SSSR count). The Bertz CT molecular complexity index is 356. The van der Waals surface area contributed by atoms with E-state index < -0.39 is 23.7 Å². The SMILES string of the molecule is FC(F)(F)C(F)(F)C(F)(F)c1ccccn1. The van der Waals surface area contributed by atoms with Gasteiger partial charge in [0.1, 0.15) is 5.69 Å². The van der Waals surface area contributed by atoms with Gasteiger partial charge in [0.2, 0.25) is 0 Å². The van der Waals surface area contributed by atoms with Crippen molar-refractivity contribution in [2.24, 2.45) is 0 Å². The smallest absolute Gasteiger partial charge is 0.255 e. The van der Waals surface area contributed by atoms with Gasteiger partial charge >= 0.3 is 18.0 Å². The molecule has 0 aliphatic heterocycles. The van der Waals surface area contributed by atoms with Gasteiger partial charge in [-0.25, -0.2) is 0 Å². The summed E-state index contributed by atoms with van der Waals surface area (Å²) in [4.78, 5) is 2.80. The maximum Gasteiger partial charge on any atom is 0.460 e. The van der Waals surface area contributed by atoms with Crippen LogP contribution in [0.2, 0.25) is 0 Å². The van der Waals surface area contributed by atoms with Crippen molar-refractivity contribution in [3.8, 4) is 0 Å². The van der Waals surface area contributed by atoms with Crippen molar-refractivity contribution < 1.29 is 30.7 Å². The van der Waals surface area contributed by atoms with E-state index in [0.29, 0.717) is 12.3 Å². The fraction of sp³-hybridized carbons (Fsp3) is 0.375. The molecule has 0 spiro atoms. The lowest BCUT2D eigenvalue weighted by Crippen LogP contribution is -2.50. The zero-order valence-electron chi connectivity index (χ0n) is 7.40. The minimum Gasteiger partial charge on any atom is -0.255 e. The predicted octanol–water partition coefficient (Wildman–Crippen LogP) is 3.37. The Morgan fingerprint density at radius 1 is 0.875 bits per heavy atom. The largest absolute Gasteiger partial charge is 0.460 e. The van der Waals surface area contributed by atoms with Crippen LogP contribution in [0, 0.1) is 0 Å². The van der Waals surface area contributed by atoms with Gasteiger partial charge in [-0.3, -0.25) is 4.98 Å². The molecule has 0 amide bonds. The van der Waals surface area contributed by atoms with Gasteiger partial charge in [0, 0.05) is 6.20 Å². The molecule has 0 unspecified atom stereocenters. The van der Waals surface area contributed by atoms with Crippen LogP contribution in [0.25, 0.3) is 0 Å². The summed E-state index contributed by atoms with van der Waals surface area (Å²) in [5, 5.41) is 0. The summed E-state index contributed by atoms with van der Waals surface area (Å²) in [5.74, 6) is -11.6. The standard InChI is InChI=1S/C8H4F7N/c9-6(10,5-3-1-2-4-16-5)7(11,12)8(13,14)15/h1-4H. The monoisotopic (exact) mass is 247 g/mol. The summed E-state index contributed by atoms with van der Waals surface area (Å²) in [5.41, 5.74) is -1.63. The Morgan fingerprint density at radius 2 is 1.44 bits per heavy atom.